The largest absolute Gasteiger partial charge is 0.482 e. The van der Waals surface area contributed by atoms with Crippen molar-refractivity contribution in [2.24, 2.45) is 5.10 Å². The van der Waals surface area contributed by atoms with Crippen LogP contribution in [0.2, 0.25) is 5.02 Å². The molecule has 140 valence electrons. The molecule has 0 aliphatic carbocycles. The number of ether oxygens (including phenoxy) is 1. The van der Waals surface area contributed by atoms with Gasteiger partial charge < -0.3 is 15.2 Å². The van der Waals surface area contributed by atoms with E-state index in [1.165, 1.54) is 12.3 Å². The van der Waals surface area contributed by atoms with Crippen LogP contribution in [0.25, 0.3) is 0 Å². The van der Waals surface area contributed by atoms with Crippen molar-refractivity contribution in [2.75, 3.05) is 13.2 Å². The molecule has 0 aliphatic rings. The Bertz CT molecular complexity index is 852. The lowest BCUT2D eigenvalue weighted by Gasteiger charge is -2.05. The number of hydrogen-bond acceptors (Lipinski definition) is 5. The molecule has 2 amide bonds. The second-order valence-corrected chi connectivity index (χ2v) is 5.67. The molecule has 2 rings (SSSR count). The van der Waals surface area contributed by atoms with E-state index in [0.29, 0.717) is 21.9 Å². The Balaban J connectivity index is 1.76. The van der Waals surface area contributed by atoms with E-state index < -0.39 is 24.4 Å². The molecule has 0 saturated carbocycles. The first-order chi connectivity index (χ1) is 12.9. The van der Waals surface area contributed by atoms with Gasteiger partial charge in [-0.1, -0.05) is 17.7 Å². The number of nitrogens with zero attached hydrogens (tertiary/aromatic N) is 1. The summed E-state index contributed by atoms with van der Waals surface area (Å²) in [5.41, 5.74) is 3.30. The molecular weight excluding hydrogens is 374 g/mol. The smallest absolute Gasteiger partial charge is 0.341 e. The Hall–Kier alpha value is -3.39. The lowest BCUT2D eigenvalue weighted by molar-refractivity contribution is -0.139. The highest BCUT2D eigenvalue weighted by Crippen LogP contribution is 2.11. The van der Waals surface area contributed by atoms with Crippen LogP contribution in [-0.4, -0.2) is 42.3 Å². The van der Waals surface area contributed by atoms with E-state index in [-0.39, 0.29) is 6.54 Å². The average Bonchev–Trinajstić information content (AvgIpc) is 2.65. The average molecular weight is 390 g/mol. The molecular formula is C18H16ClN3O5. The molecule has 0 spiro atoms. The van der Waals surface area contributed by atoms with Gasteiger partial charge in [0.15, 0.2) is 6.61 Å². The molecule has 0 unspecified atom stereocenters. The van der Waals surface area contributed by atoms with Gasteiger partial charge in [-0.25, -0.2) is 10.2 Å². The Kier molecular flexibility index (Phi) is 7.33. The van der Waals surface area contributed by atoms with Gasteiger partial charge in [0.05, 0.1) is 12.8 Å². The van der Waals surface area contributed by atoms with E-state index in [9.17, 15) is 14.4 Å². The Morgan fingerprint density at radius 3 is 2.56 bits per heavy atom. The van der Waals surface area contributed by atoms with Gasteiger partial charge in [0.2, 0.25) is 0 Å². The SMILES string of the molecule is O=C(O)COc1ccc(/C=N/NC(=O)CNC(=O)c2cccc(Cl)c2)cc1. The highest BCUT2D eigenvalue weighted by Gasteiger charge is 2.07. The standard InChI is InChI=1S/C18H16ClN3O5/c19-14-3-1-2-13(8-14)18(26)20-10-16(23)22-21-9-12-4-6-15(7-5-12)27-11-17(24)25/h1-9H,10-11H2,(H,20,26)(H,22,23)(H,24,25)/b21-9+. The first-order valence-electron chi connectivity index (χ1n) is 7.74. The molecule has 0 atom stereocenters. The van der Waals surface area contributed by atoms with Crippen LogP contribution in [0.4, 0.5) is 0 Å². The maximum atomic E-state index is 11.9. The fraction of sp³-hybridized carbons (Fsp3) is 0.111. The summed E-state index contributed by atoms with van der Waals surface area (Å²) in [4.78, 5) is 34.0. The van der Waals surface area contributed by atoms with Crippen molar-refractivity contribution < 1.29 is 24.2 Å². The third-order valence-corrected chi connectivity index (χ3v) is 3.38. The summed E-state index contributed by atoms with van der Waals surface area (Å²) in [6, 6.07) is 12.8. The number of rotatable bonds is 8. The first-order valence-corrected chi connectivity index (χ1v) is 8.12. The van der Waals surface area contributed by atoms with Gasteiger partial charge in [0.25, 0.3) is 11.8 Å². The zero-order valence-corrected chi connectivity index (χ0v) is 14.8. The Labute approximate surface area is 159 Å². The predicted molar refractivity (Wildman–Crippen MR) is 99.1 cm³/mol. The van der Waals surface area contributed by atoms with Crippen LogP contribution in [0.3, 0.4) is 0 Å². The third-order valence-electron chi connectivity index (χ3n) is 3.14. The lowest BCUT2D eigenvalue weighted by Crippen LogP contribution is -2.34. The highest BCUT2D eigenvalue weighted by atomic mass is 35.5. The topological polar surface area (TPSA) is 117 Å². The van der Waals surface area contributed by atoms with Gasteiger partial charge in [-0.05, 0) is 48.0 Å². The van der Waals surface area contributed by atoms with E-state index in [0.717, 1.165) is 0 Å². The summed E-state index contributed by atoms with van der Waals surface area (Å²) < 4.78 is 5.00. The molecule has 0 saturated heterocycles. The van der Waals surface area contributed by atoms with E-state index in [4.69, 9.17) is 21.4 Å². The minimum atomic E-state index is -1.06. The number of aliphatic carboxylic acids is 1. The van der Waals surface area contributed by atoms with Crippen molar-refractivity contribution in [2.45, 2.75) is 0 Å². The normalized spacial score (nSPS) is 10.4. The molecule has 0 bridgehead atoms. The van der Waals surface area contributed by atoms with Crippen molar-refractivity contribution in [3.63, 3.8) is 0 Å². The Morgan fingerprint density at radius 2 is 1.89 bits per heavy atom. The number of carbonyl (C=O) groups excluding carboxylic acids is 2. The maximum Gasteiger partial charge on any atom is 0.341 e. The van der Waals surface area contributed by atoms with Gasteiger partial charge in [-0.3, -0.25) is 9.59 Å². The summed E-state index contributed by atoms with van der Waals surface area (Å²) in [6.45, 7) is -0.672. The molecule has 0 fully saturated rings. The van der Waals surface area contributed by atoms with Crippen LogP contribution in [0.1, 0.15) is 15.9 Å². The van der Waals surface area contributed by atoms with Crippen LogP contribution < -0.4 is 15.5 Å². The summed E-state index contributed by atoms with van der Waals surface area (Å²) in [7, 11) is 0. The third kappa shape index (κ3) is 7.17. The number of halogens is 1. The van der Waals surface area contributed by atoms with Crippen molar-refractivity contribution >= 4 is 35.6 Å². The summed E-state index contributed by atoms with van der Waals surface area (Å²) in [5, 5.41) is 15.2. The van der Waals surface area contributed by atoms with Gasteiger partial charge in [-0.15, -0.1) is 0 Å². The van der Waals surface area contributed by atoms with Crippen molar-refractivity contribution in [1.82, 2.24) is 10.7 Å². The lowest BCUT2D eigenvalue weighted by atomic mass is 10.2. The maximum absolute atomic E-state index is 11.9. The summed E-state index contributed by atoms with van der Waals surface area (Å²) in [6.07, 6.45) is 1.40. The van der Waals surface area contributed by atoms with Gasteiger partial charge in [-0.2, -0.15) is 5.10 Å². The minimum absolute atomic E-state index is 0.245. The second kappa shape index (κ2) is 9.93. The van der Waals surface area contributed by atoms with Crippen LogP contribution in [-0.2, 0) is 9.59 Å². The summed E-state index contributed by atoms with van der Waals surface area (Å²) in [5.74, 6) is -1.58. The van der Waals surface area contributed by atoms with E-state index in [1.54, 1.807) is 42.5 Å². The van der Waals surface area contributed by atoms with Crippen molar-refractivity contribution in [3.05, 3.63) is 64.7 Å². The number of carbonyl (C=O) groups is 3. The van der Waals surface area contributed by atoms with Crippen LogP contribution in [0.15, 0.2) is 53.6 Å². The quantitative estimate of drug-likeness (QED) is 0.469. The van der Waals surface area contributed by atoms with E-state index in [2.05, 4.69) is 15.8 Å². The fourth-order valence-corrected chi connectivity index (χ4v) is 2.10. The van der Waals surface area contributed by atoms with Crippen molar-refractivity contribution in [1.29, 1.82) is 0 Å². The van der Waals surface area contributed by atoms with Crippen LogP contribution >= 0.6 is 11.6 Å². The number of nitrogens with one attached hydrogen (secondary N) is 2. The molecule has 0 radical (unpaired) electrons. The van der Waals surface area contributed by atoms with Crippen LogP contribution in [0, 0.1) is 0 Å². The van der Waals surface area contributed by atoms with Gasteiger partial charge >= 0.3 is 5.97 Å². The predicted octanol–water partition coefficient (Wildman–Crippen LogP) is 1.68. The molecule has 0 aromatic heterocycles. The van der Waals surface area contributed by atoms with Gasteiger partial charge in [0, 0.05) is 10.6 Å². The number of benzene rings is 2. The minimum Gasteiger partial charge on any atom is -0.482 e. The molecule has 27 heavy (non-hydrogen) atoms. The van der Waals surface area contributed by atoms with Crippen LogP contribution in [0.5, 0.6) is 5.75 Å². The van der Waals surface area contributed by atoms with E-state index in [1.807, 2.05) is 0 Å². The molecule has 2 aromatic carbocycles. The molecule has 9 heteroatoms. The molecule has 3 N–H and O–H groups in total. The number of amides is 2. The monoisotopic (exact) mass is 389 g/mol. The second-order valence-electron chi connectivity index (χ2n) is 5.24. The Morgan fingerprint density at radius 1 is 1.15 bits per heavy atom. The fourth-order valence-electron chi connectivity index (χ4n) is 1.91. The zero-order chi connectivity index (χ0) is 19.6. The van der Waals surface area contributed by atoms with Gasteiger partial charge in [0.1, 0.15) is 5.75 Å². The molecule has 0 aliphatic heterocycles. The number of hydrazone groups is 1. The highest BCUT2D eigenvalue weighted by molar-refractivity contribution is 6.30. The number of carboxylic acid groups (broad SMARTS) is 1. The number of hydrogen-bond donors (Lipinski definition) is 3. The number of carboxylic acids is 1. The molecule has 0 heterocycles. The van der Waals surface area contributed by atoms with E-state index >= 15 is 0 Å². The summed E-state index contributed by atoms with van der Waals surface area (Å²) >= 11 is 5.81. The molecule has 2 aromatic rings. The zero-order valence-electron chi connectivity index (χ0n) is 14.0. The first kappa shape index (κ1) is 19.9. The van der Waals surface area contributed by atoms with Crippen molar-refractivity contribution in [3.8, 4) is 5.75 Å². The molecule has 8 nitrogen and oxygen atoms in total.